The lowest BCUT2D eigenvalue weighted by molar-refractivity contribution is 0.276. The van der Waals surface area contributed by atoms with Crippen LogP contribution in [0.25, 0.3) is 23.2 Å². The van der Waals surface area contributed by atoms with Gasteiger partial charge in [0.05, 0.1) is 24.2 Å². The predicted octanol–water partition coefficient (Wildman–Crippen LogP) is 4.28. The molecule has 3 rings (SSSR count). The van der Waals surface area contributed by atoms with Crippen LogP contribution in [-0.4, -0.2) is 23.2 Å². The van der Waals surface area contributed by atoms with Crippen molar-refractivity contribution in [2.75, 3.05) is 13.2 Å². The molecule has 5 nitrogen and oxygen atoms in total. The van der Waals surface area contributed by atoms with Crippen molar-refractivity contribution >= 4 is 23.2 Å². The van der Waals surface area contributed by atoms with Crippen molar-refractivity contribution in [3.05, 3.63) is 64.1 Å². The van der Waals surface area contributed by atoms with Gasteiger partial charge in [-0.05, 0) is 43.7 Å². The van der Waals surface area contributed by atoms with Gasteiger partial charge in [0, 0.05) is 5.56 Å². The van der Waals surface area contributed by atoms with Crippen LogP contribution in [0.4, 0.5) is 0 Å². The Hall–Kier alpha value is -3.08. The van der Waals surface area contributed by atoms with Crippen LogP contribution in [0.3, 0.4) is 0 Å². The second-order valence-electron chi connectivity index (χ2n) is 5.76. The highest BCUT2D eigenvalue weighted by molar-refractivity contribution is 5.78. The third kappa shape index (κ3) is 3.94. The van der Waals surface area contributed by atoms with Crippen molar-refractivity contribution in [1.82, 2.24) is 9.97 Å². The number of benzene rings is 2. The minimum Gasteiger partial charge on any atom is -0.490 e. The Kier molecular flexibility index (Phi) is 5.69. The molecule has 0 saturated heterocycles. The summed E-state index contributed by atoms with van der Waals surface area (Å²) in [5, 5.41) is 0. The number of para-hydroxylation sites is 3. The van der Waals surface area contributed by atoms with E-state index in [9.17, 15) is 4.79 Å². The Labute approximate surface area is 152 Å². The maximum Gasteiger partial charge on any atom is 0.274 e. The number of fused-ring (bicyclic) bond motifs is 1. The second kappa shape index (κ2) is 8.34. The van der Waals surface area contributed by atoms with E-state index in [1.807, 2.05) is 55.5 Å². The first-order valence-corrected chi connectivity index (χ1v) is 8.78. The minimum atomic E-state index is -0.225. The minimum absolute atomic E-state index is 0.225. The van der Waals surface area contributed by atoms with Crippen LogP contribution in [0, 0.1) is 0 Å². The van der Waals surface area contributed by atoms with Gasteiger partial charge in [-0.15, -0.1) is 0 Å². The van der Waals surface area contributed by atoms with E-state index in [2.05, 4.69) is 16.9 Å². The van der Waals surface area contributed by atoms with Crippen molar-refractivity contribution in [1.29, 1.82) is 0 Å². The van der Waals surface area contributed by atoms with Crippen LogP contribution in [0.2, 0.25) is 0 Å². The maximum absolute atomic E-state index is 12.3. The van der Waals surface area contributed by atoms with Crippen molar-refractivity contribution < 1.29 is 9.47 Å². The quantitative estimate of drug-likeness (QED) is 0.691. The molecule has 0 radical (unpaired) electrons. The maximum atomic E-state index is 12.3. The van der Waals surface area contributed by atoms with Crippen LogP contribution >= 0.6 is 0 Å². The second-order valence-corrected chi connectivity index (χ2v) is 5.76. The third-order valence-corrected chi connectivity index (χ3v) is 3.81. The van der Waals surface area contributed by atoms with Crippen LogP contribution in [0.15, 0.2) is 47.3 Å². The van der Waals surface area contributed by atoms with E-state index in [1.165, 1.54) is 0 Å². The number of nitrogens with zero attached hydrogens (tertiary/aromatic N) is 1. The van der Waals surface area contributed by atoms with Crippen molar-refractivity contribution in [3.8, 4) is 11.5 Å². The van der Waals surface area contributed by atoms with Crippen LogP contribution in [0.5, 0.6) is 11.5 Å². The lowest BCUT2D eigenvalue weighted by Gasteiger charge is -2.13. The van der Waals surface area contributed by atoms with Gasteiger partial charge in [0.2, 0.25) is 0 Å². The van der Waals surface area contributed by atoms with E-state index >= 15 is 0 Å². The van der Waals surface area contributed by atoms with Crippen molar-refractivity contribution in [2.24, 2.45) is 0 Å². The van der Waals surface area contributed by atoms with Gasteiger partial charge in [-0.1, -0.05) is 31.2 Å². The summed E-state index contributed by atoms with van der Waals surface area (Å²) in [5.41, 5.74) is 2.44. The molecule has 26 heavy (non-hydrogen) atoms. The molecular weight excluding hydrogens is 328 g/mol. The fourth-order valence-corrected chi connectivity index (χ4v) is 2.62. The van der Waals surface area contributed by atoms with Gasteiger partial charge >= 0.3 is 0 Å². The van der Waals surface area contributed by atoms with Crippen LogP contribution in [-0.2, 0) is 0 Å². The van der Waals surface area contributed by atoms with E-state index in [4.69, 9.17) is 9.47 Å². The van der Waals surface area contributed by atoms with E-state index in [-0.39, 0.29) is 5.56 Å². The van der Waals surface area contributed by atoms with Crippen LogP contribution < -0.4 is 15.0 Å². The van der Waals surface area contributed by atoms with Gasteiger partial charge in [-0.3, -0.25) is 4.79 Å². The van der Waals surface area contributed by atoms with E-state index in [1.54, 1.807) is 6.08 Å². The van der Waals surface area contributed by atoms with Gasteiger partial charge in [-0.25, -0.2) is 4.98 Å². The summed E-state index contributed by atoms with van der Waals surface area (Å²) in [6.45, 7) is 5.14. The van der Waals surface area contributed by atoms with Gasteiger partial charge < -0.3 is 14.5 Å². The summed E-state index contributed by atoms with van der Waals surface area (Å²) in [5.74, 6) is 1.38. The van der Waals surface area contributed by atoms with Crippen molar-refractivity contribution in [3.63, 3.8) is 0 Å². The summed E-state index contributed by atoms with van der Waals surface area (Å²) in [4.78, 5) is 19.5. The Balaban J connectivity index is 1.98. The van der Waals surface area contributed by atoms with Gasteiger partial charge in [0.15, 0.2) is 11.5 Å². The zero-order chi connectivity index (χ0) is 18.4. The molecule has 0 aliphatic carbocycles. The molecule has 0 spiro atoms. The predicted molar refractivity (Wildman–Crippen MR) is 105 cm³/mol. The van der Waals surface area contributed by atoms with Crippen LogP contribution in [0.1, 0.15) is 31.5 Å². The average molecular weight is 350 g/mol. The molecule has 1 heterocycles. The number of ether oxygens (including phenoxy) is 2. The Bertz CT molecular complexity index is 976. The number of hydrogen-bond donors (Lipinski definition) is 1. The number of H-pyrrole nitrogens is 1. The molecule has 134 valence electrons. The monoisotopic (exact) mass is 350 g/mol. The Morgan fingerprint density at radius 1 is 1.04 bits per heavy atom. The molecule has 1 aromatic heterocycles. The largest absolute Gasteiger partial charge is 0.490 e. The first-order valence-electron chi connectivity index (χ1n) is 8.78. The smallest absolute Gasteiger partial charge is 0.274 e. The first kappa shape index (κ1) is 17.7. The highest BCUT2D eigenvalue weighted by Gasteiger charge is 2.09. The molecule has 0 aliphatic rings. The van der Waals surface area contributed by atoms with Gasteiger partial charge in [0.1, 0.15) is 5.69 Å². The lowest BCUT2D eigenvalue weighted by atomic mass is 10.1. The molecule has 0 bridgehead atoms. The number of aromatic amines is 1. The zero-order valence-electron chi connectivity index (χ0n) is 15.0. The number of nitrogens with one attached hydrogen (secondary N) is 1. The topological polar surface area (TPSA) is 64.2 Å². The molecule has 0 amide bonds. The molecule has 0 aliphatic heterocycles. The van der Waals surface area contributed by atoms with Crippen molar-refractivity contribution in [2.45, 2.75) is 20.3 Å². The molecule has 0 unspecified atom stereocenters. The molecule has 0 saturated carbocycles. The van der Waals surface area contributed by atoms with E-state index in [0.29, 0.717) is 30.4 Å². The molecule has 5 heteroatoms. The SMILES string of the molecule is CCCOc1c(/C=C/c2nc3ccccc3[nH]c2=O)cccc1OCC. The average Bonchev–Trinajstić information content (AvgIpc) is 2.65. The third-order valence-electron chi connectivity index (χ3n) is 3.81. The standard InChI is InChI=1S/C21H22N2O3/c1-3-14-26-20-15(8-7-11-19(20)25-4-2)12-13-18-21(24)23-17-10-6-5-9-16(17)22-18/h5-13H,3-4,14H2,1-2H3,(H,23,24)/b13-12+. The molecule has 2 aromatic carbocycles. The summed E-state index contributed by atoms with van der Waals surface area (Å²) in [6, 6.07) is 13.2. The van der Waals surface area contributed by atoms with Gasteiger partial charge in [0.25, 0.3) is 5.56 Å². The normalized spacial score (nSPS) is 11.2. The summed E-state index contributed by atoms with van der Waals surface area (Å²) >= 11 is 0. The fourth-order valence-electron chi connectivity index (χ4n) is 2.62. The molecular formula is C21H22N2O3. The number of aromatic nitrogens is 2. The summed E-state index contributed by atoms with van der Waals surface area (Å²) < 4.78 is 11.5. The summed E-state index contributed by atoms with van der Waals surface area (Å²) in [7, 11) is 0. The lowest BCUT2D eigenvalue weighted by Crippen LogP contribution is -2.11. The number of hydrogen-bond acceptors (Lipinski definition) is 4. The fraction of sp³-hybridized carbons (Fsp3) is 0.238. The van der Waals surface area contributed by atoms with E-state index in [0.717, 1.165) is 23.0 Å². The molecule has 0 fully saturated rings. The molecule has 1 N–H and O–H groups in total. The summed E-state index contributed by atoms with van der Waals surface area (Å²) in [6.07, 6.45) is 4.44. The number of rotatable bonds is 7. The first-order chi connectivity index (χ1) is 12.7. The highest BCUT2D eigenvalue weighted by atomic mass is 16.5. The molecule has 3 aromatic rings. The molecule has 0 atom stereocenters. The van der Waals surface area contributed by atoms with Gasteiger partial charge in [-0.2, -0.15) is 0 Å². The highest BCUT2D eigenvalue weighted by Crippen LogP contribution is 2.32. The Morgan fingerprint density at radius 3 is 2.69 bits per heavy atom. The Morgan fingerprint density at radius 2 is 1.88 bits per heavy atom. The van der Waals surface area contributed by atoms with E-state index < -0.39 is 0 Å². The zero-order valence-corrected chi connectivity index (χ0v) is 15.0.